The first-order valence-corrected chi connectivity index (χ1v) is 9.60. The Morgan fingerprint density at radius 2 is 1.66 bits per heavy atom. The maximum absolute atomic E-state index is 12.9. The van der Waals surface area contributed by atoms with E-state index in [1.165, 1.54) is 0 Å². The second-order valence-corrected chi connectivity index (χ2v) is 6.80. The summed E-state index contributed by atoms with van der Waals surface area (Å²) < 4.78 is 49.7. The Kier molecular flexibility index (Phi) is 7.04. The first-order valence-electron chi connectivity index (χ1n) is 9.60. The topological polar surface area (TPSA) is 82.9 Å². The maximum Gasteiger partial charge on any atom is 0.430 e. The van der Waals surface area contributed by atoms with Crippen molar-refractivity contribution in [2.24, 2.45) is 10.7 Å². The third kappa shape index (κ3) is 6.04. The molecule has 166 valence electrons. The Morgan fingerprint density at radius 3 is 2.31 bits per heavy atom. The van der Waals surface area contributed by atoms with Crippen LogP contribution in [0.5, 0.6) is 11.5 Å². The van der Waals surface area contributed by atoms with Gasteiger partial charge in [-0.25, -0.2) is 4.99 Å². The number of nitrogen functional groups attached to an aromatic ring is 1. The standard InChI is InChI=1S/C24H22F3N3O2/c1-31-20-6-4-5-17(13-20)16-9-11-19(12-10-16)32-15-18(14-23(29)24(25,26)27)30-22-8-3-2-7-21(22)28/h2-14H,15,28-29H2,1H3. The highest BCUT2D eigenvalue weighted by Crippen LogP contribution is 2.27. The molecule has 8 heteroatoms. The molecule has 0 unspecified atom stereocenters. The number of anilines is 1. The average molecular weight is 441 g/mol. The molecular formula is C24H22F3N3O2. The molecule has 3 aromatic carbocycles. The molecular weight excluding hydrogens is 419 g/mol. The lowest BCUT2D eigenvalue weighted by Crippen LogP contribution is -2.22. The summed E-state index contributed by atoms with van der Waals surface area (Å²) in [5, 5.41) is 0. The summed E-state index contributed by atoms with van der Waals surface area (Å²) in [5.74, 6) is 1.20. The van der Waals surface area contributed by atoms with Gasteiger partial charge < -0.3 is 20.9 Å². The zero-order valence-electron chi connectivity index (χ0n) is 17.3. The Morgan fingerprint density at radius 1 is 0.938 bits per heavy atom. The first kappa shape index (κ1) is 22.7. The van der Waals surface area contributed by atoms with Crippen LogP contribution in [0.2, 0.25) is 0 Å². The van der Waals surface area contributed by atoms with E-state index in [0.717, 1.165) is 23.0 Å². The van der Waals surface area contributed by atoms with Gasteiger partial charge in [0.25, 0.3) is 0 Å². The summed E-state index contributed by atoms with van der Waals surface area (Å²) in [6.07, 6.45) is -3.93. The zero-order chi connectivity index (χ0) is 23.1. The normalized spacial score (nSPS) is 12.5. The summed E-state index contributed by atoms with van der Waals surface area (Å²) in [6, 6.07) is 21.3. The lowest BCUT2D eigenvalue weighted by molar-refractivity contribution is -0.0925. The number of halogens is 3. The molecule has 0 aliphatic rings. The number of rotatable bonds is 7. The van der Waals surface area contributed by atoms with Gasteiger partial charge in [0.2, 0.25) is 0 Å². The summed E-state index contributed by atoms with van der Waals surface area (Å²) in [7, 11) is 1.60. The molecule has 0 amide bonds. The number of hydrogen-bond acceptors (Lipinski definition) is 5. The Balaban J connectivity index is 1.80. The van der Waals surface area contributed by atoms with Crippen LogP contribution in [0.4, 0.5) is 24.5 Å². The minimum atomic E-state index is -4.68. The fourth-order valence-corrected chi connectivity index (χ4v) is 2.82. The number of alkyl halides is 3. The third-order valence-electron chi connectivity index (χ3n) is 4.49. The number of nitrogens with zero attached hydrogens (tertiary/aromatic N) is 1. The minimum Gasteiger partial charge on any atom is -0.497 e. The van der Waals surface area contributed by atoms with Gasteiger partial charge in [0.1, 0.15) is 23.8 Å². The van der Waals surface area contributed by atoms with E-state index >= 15 is 0 Å². The van der Waals surface area contributed by atoms with E-state index in [-0.39, 0.29) is 12.3 Å². The predicted molar refractivity (Wildman–Crippen MR) is 120 cm³/mol. The van der Waals surface area contributed by atoms with Crippen molar-refractivity contribution in [3.05, 3.63) is 84.6 Å². The quantitative estimate of drug-likeness (QED) is 0.375. The molecule has 0 aromatic heterocycles. The molecule has 3 rings (SSSR count). The van der Waals surface area contributed by atoms with Gasteiger partial charge in [0, 0.05) is 0 Å². The fourth-order valence-electron chi connectivity index (χ4n) is 2.82. The van der Waals surface area contributed by atoms with Gasteiger partial charge in [-0.2, -0.15) is 13.2 Å². The fraction of sp³-hybridized carbons (Fsp3) is 0.125. The van der Waals surface area contributed by atoms with Crippen LogP contribution in [0.15, 0.2) is 89.6 Å². The van der Waals surface area contributed by atoms with E-state index < -0.39 is 11.9 Å². The monoisotopic (exact) mass is 441 g/mol. The van der Waals surface area contributed by atoms with Crippen LogP contribution in [-0.4, -0.2) is 25.6 Å². The van der Waals surface area contributed by atoms with Crippen LogP contribution in [0.25, 0.3) is 11.1 Å². The van der Waals surface area contributed by atoms with Crippen LogP contribution in [0, 0.1) is 0 Å². The lowest BCUT2D eigenvalue weighted by atomic mass is 10.1. The molecule has 0 saturated heterocycles. The van der Waals surface area contributed by atoms with E-state index in [0.29, 0.717) is 17.1 Å². The molecule has 0 fully saturated rings. The number of methoxy groups -OCH3 is 1. The molecule has 0 bridgehead atoms. The number of ether oxygens (including phenoxy) is 2. The molecule has 4 N–H and O–H groups in total. The lowest BCUT2D eigenvalue weighted by Gasteiger charge is -2.11. The Hall–Kier alpha value is -3.94. The molecule has 0 atom stereocenters. The second kappa shape index (κ2) is 9.91. The first-order chi connectivity index (χ1) is 15.3. The van der Waals surface area contributed by atoms with Gasteiger partial charge >= 0.3 is 6.18 Å². The minimum absolute atomic E-state index is 0.0189. The second-order valence-electron chi connectivity index (χ2n) is 6.80. The largest absolute Gasteiger partial charge is 0.497 e. The third-order valence-corrected chi connectivity index (χ3v) is 4.49. The number of para-hydroxylation sites is 2. The van der Waals surface area contributed by atoms with Crippen molar-refractivity contribution in [3.63, 3.8) is 0 Å². The van der Waals surface area contributed by atoms with E-state index in [9.17, 15) is 13.2 Å². The van der Waals surface area contributed by atoms with Gasteiger partial charge in [0.15, 0.2) is 0 Å². The van der Waals surface area contributed by atoms with Crippen molar-refractivity contribution in [1.82, 2.24) is 0 Å². The zero-order valence-corrected chi connectivity index (χ0v) is 17.3. The smallest absolute Gasteiger partial charge is 0.430 e. The van der Waals surface area contributed by atoms with E-state index in [4.69, 9.17) is 20.9 Å². The van der Waals surface area contributed by atoms with Crippen molar-refractivity contribution in [2.45, 2.75) is 6.18 Å². The van der Waals surface area contributed by atoms with Crippen molar-refractivity contribution in [2.75, 3.05) is 19.5 Å². The number of hydrogen-bond donors (Lipinski definition) is 2. The van der Waals surface area contributed by atoms with Crippen LogP contribution in [0.3, 0.4) is 0 Å². The number of allylic oxidation sites excluding steroid dienone is 1. The summed E-state index contributed by atoms with van der Waals surface area (Å²) in [4.78, 5) is 4.21. The van der Waals surface area contributed by atoms with Crippen molar-refractivity contribution in [3.8, 4) is 22.6 Å². The summed E-state index contributed by atoms with van der Waals surface area (Å²) >= 11 is 0. The Bertz CT molecular complexity index is 1120. The van der Waals surface area contributed by atoms with Crippen LogP contribution < -0.4 is 20.9 Å². The highest BCUT2D eigenvalue weighted by atomic mass is 19.4. The van der Waals surface area contributed by atoms with E-state index in [1.807, 2.05) is 36.4 Å². The van der Waals surface area contributed by atoms with Gasteiger partial charge in [-0.3, -0.25) is 0 Å². The van der Waals surface area contributed by atoms with Gasteiger partial charge in [0.05, 0.1) is 24.2 Å². The molecule has 0 aliphatic heterocycles. The molecule has 0 saturated carbocycles. The van der Waals surface area contributed by atoms with Crippen LogP contribution >= 0.6 is 0 Å². The molecule has 0 heterocycles. The molecule has 32 heavy (non-hydrogen) atoms. The number of benzene rings is 3. The SMILES string of the molecule is COc1cccc(-c2ccc(OCC(C=C(N)C(F)(F)F)=Nc3ccccc3N)cc2)c1. The van der Waals surface area contributed by atoms with Crippen LogP contribution in [0.1, 0.15) is 0 Å². The molecule has 0 radical (unpaired) electrons. The summed E-state index contributed by atoms with van der Waals surface area (Å²) in [6.45, 7) is -0.233. The molecule has 0 aliphatic carbocycles. The van der Waals surface area contributed by atoms with Crippen LogP contribution in [-0.2, 0) is 0 Å². The molecule has 5 nitrogen and oxygen atoms in total. The molecule has 0 spiro atoms. The van der Waals surface area contributed by atoms with Crippen molar-refractivity contribution >= 4 is 17.1 Å². The highest BCUT2D eigenvalue weighted by Gasteiger charge is 2.31. The Labute approximate surface area is 183 Å². The van der Waals surface area contributed by atoms with E-state index in [1.54, 1.807) is 43.5 Å². The summed E-state index contributed by atoms with van der Waals surface area (Å²) in [5.41, 5.74) is 12.3. The average Bonchev–Trinajstić information content (AvgIpc) is 2.78. The van der Waals surface area contributed by atoms with E-state index in [2.05, 4.69) is 4.99 Å². The number of aliphatic imine (C=N–C) groups is 1. The predicted octanol–water partition coefficient (Wildman–Crippen LogP) is 5.50. The van der Waals surface area contributed by atoms with Crippen molar-refractivity contribution in [1.29, 1.82) is 0 Å². The maximum atomic E-state index is 12.9. The number of nitrogens with two attached hydrogens (primary N) is 2. The van der Waals surface area contributed by atoms with Gasteiger partial charge in [-0.15, -0.1) is 0 Å². The van der Waals surface area contributed by atoms with Gasteiger partial charge in [-0.05, 0) is 53.6 Å². The molecule has 3 aromatic rings. The van der Waals surface area contributed by atoms with Crippen molar-refractivity contribution < 1.29 is 22.6 Å². The van der Waals surface area contributed by atoms with Gasteiger partial charge in [-0.1, -0.05) is 36.4 Å². The highest BCUT2D eigenvalue weighted by molar-refractivity contribution is 5.99.